The Kier molecular flexibility index (Phi) is 9.01. The zero-order valence-corrected chi connectivity index (χ0v) is 18.4. The number of carbonyl (C=O) groups excluding carboxylic acids is 1. The highest BCUT2D eigenvalue weighted by Crippen LogP contribution is 2.17. The molecule has 0 saturated carbocycles. The predicted molar refractivity (Wildman–Crippen MR) is 118 cm³/mol. The zero-order chi connectivity index (χ0) is 21.2. The average molecular weight is 420 g/mol. The van der Waals surface area contributed by atoms with Crippen LogP contribution in [0.4, 0.5) is 0 Å². The molecule has 8 heteroatoms. The van der Waals surface area contributed by atoms with Crippen molar-refractivity contribution in [2.24, 2.45) is 10.9 Å². The first-order valence-corrected chi connectivity index (χ1v) is 11.3. The van der Waals surface area contributed by atoms with Crippen LogP contribution in [0.25, 0.3) is 0 Å². The van der Waals surface area contributed by atoms with Crippen molar-refractivity contribution in [2.45, 2.75) is 45.6 Å². The van der Waals surface area contributed by atoms with E-state index in [1.54, 1.807) is 6.07 Å². The van der Waals surface area contributed by atoms with Crippen molar-refractivity contribution in [1.82, 2.24) is 20.9 Å². The number of guanidine groups is 1. The molecule has 0 bridgehead atoms. The van der Waals surface area contributed by atoms with Crippen molar-refractivity contribution in [3.8, 4) is 0 Å². The summed E-state index contributed by atoms with van der Waals surface area (Å²) in [4.78, 5) is 19.3. The normalized spacial score (nSPS) is 21.0. The molecule has 0 aromatic carbocycles. The maximum atomic E-state index is 12.0. The fourth-order valence-electron chi connectivity index (χ4n) is 4.02. The molecule has 3 heterocycles. The highest BCUT2D eigenvalue weighted by atomic mass is 16.5. The molecule has 3 N–H and O–H groups in total. The van der Waals surface area contributed by atoms with Crippen molar-refractivity contribution in [2.75, 3.05) is 52.5 Å². The number of amides is 1. The van der Waals surface area contributed by atoms with Crippen LogP contribution in [0.3, 0.4) is 0 Å². The van der Waals surface area contributed by atoms with Gasteiger partial charge in [-0.05, 0) is 51.5 Å². The Morgan fingerprint density at radius 2 is 2.10 bits per heavy atom. The van der Waals surface area contributed by atoms with Crippen LogP contribution in [-0.2, 0) is 4.74 Å². The Morgan fingerprint density at radius 3 is 2.77 bits per heavy atom. The third-order valence-corrected chi connectivity index (χ3v) is 5.77. The molecule has 168 valence electrons. The molecule has 2 saturated heterocycles. The van der Waals surface area contributed by atoms with Gasteiger partial charge in [-0.2, -0.15) is 0 Å². The van der Waals surface area contributed by atoms with E-state index in [1.807, 2.05) is 6.92 Å². The largest absolute Gasteiger partial charge is 0.459 e. The van der Waals surface area contributed by atoms with E-state index in [0.29, 0.717) is 30.8 Å². The van der Waals surface area contributed by atoms with Gasteiger partial charge in [0.2, 0.25) is 0 Å². The van der Waals surface area contributed by atoms with Gasteiger partial charge in [0.05, 0.1) is 12.9 Å². The van der Waals surface area contributed by atoms with Crippen LogP contribution in [0, 0.1) is 12.8 Å². The third-order valence-electron chi connectivity index (χ3n) is 5.77. The average Bonchev–Trinajstić information content (AvgIpc) is 3.41. The number of aryl methyl sites for hydroxylation is 1. The number of likely N-dealkylation sites (tertiary alicyclic amines) is 1. The molecular formula is C22H37N5O3. The van der Waals surface area contributed by atoms with Crippen LogP contribution in [0.5, 0.6) is 0 Å². The minimum Gasteiger partial charge on any atom is -0.459 e. The minimum atomic E-state index is -0.164. The van der Waals surface area contributed by atoms with Crippen LogP contribution in [0.15, 0.2) is 21.7 Å². The second-order valence-electron chi connectivity index (χ2n) is 8.25. The number of nitrogens with one attached hydrogen (secondary N) is 3. The summed E-state index contributed by atoms with van der Waals surface area (Å²) in [6.45, 7) is 11.3. The van der Waals surface area contributed by atoms with E-state index in [2.05, 4.69) is 32.8 Å². The van der Waals surface area contributed by atoms with Crippen LogP contribution >= 0.6 is 0 Å². The van der Waals surface area contributed by atoms with Gasteiger partial charge in [-0.15, -0.1) is 0 Å². The number of aliphatic imine (C=N–C) groups is 1. The van der Waals surface area contributed by atoms with E-state index in [-0.39, 0.29) is 5.91 Å². The Balaban J connectivity index is 1.34. The fraction of sp³-hybridized carbons (Fsp3) is 0.727. The molecule has 2 aliphatic heterocycles. The molecule has 3 rings (SSSR count). The maximum Gasteiger partial charge on any atom is 0.287 e. The fourth-order valence-corrected chi connectivity index (χ4v) is 4.02. The summed E-state index contributed by atoms with van der Waals surface area (Å²) in [6, 6.07) is 2.25. The highest BCUT2D eigenvalue weighted by molar-refractivity contribution is 5.92. The van der Waals surface area contributed by atoms with Gasteiger partial charge in [-0.3, -0.25) is 9.79 Å². The van der Waals surface area contributed by atoms with Gasteiger partial charge in [0, 0.05) is 57.5 Å². The third kappa shape index (κ3) is 7.02. The molecule has 30 heavy (non-hydrogen) atoms. The lowest BCUT2D eigenvalue weighted by Crippen LogP contribution is -2.49. The lowest BCUT2D eigenvalue weighted by atomic mass is 10.0. The van der Waals surface area contributed by atoms with E-state index in [4.69, 9.17) is 9.15 Å². The molecule has 1 aromatic rings. The van der Waals surface area contributed by atoms with Crippen LogP contribution in [0.1, 0.15) is 48.7 Å². The first-order chi connectivity index (χ1) is 14.7. The zero-order valence-electron chi connectivity index (χ0n) is 18.4. The summed E-state index contributed by atoms with van der Waals surface area (Å²) in [6.07, 6.45) is 5.80. The highest BCUT2D eigenvalue weighted by Gasteiger charge is 2.24. The van der Waals surface area contributed by atoms with Gasteiger partial charge in [0.15, 0.2) is 11.7 Å². The Hall–Kier alpha value is -2.06. The molecule has 1 atom stereocenters. The number of carbonyl (C=O) groups is 1. The van der Waals surface area contributed by atoms with E-state index in [1.165, 1.54) is 19.2 Å². The number of piperidine rings is 1. The summed E-state index contributed by atoms with van der Waals surface area (Å²) >= 11 is 0. The second-order valence-corrected chi connectivity index (χ2v) is 8.25. The molecule has 0 aliphatic carbocycles. The summed E-state index contributed by atoms with van der Waals surface area (Å²) in [5, 5.41) is 9.81. The van der Waals surface area contributed by atoms with Gasteiger partial charge in [-0.25, -0.2) is 0 Å². The topological polar surface area (TPSA) is 91.1 Å². The number of nitrogens with zero attached hydrogens (tertiary/aromatic N) is 2. The molecular weight excluding hydrogens is 382 g/mol. The van der Waals surface area contributed by atoms with Gasteiger partial charge in [0.1, 0.15) is 0 Å². The quantitative estimate of drug-likeness (QED) is 0.321. The molecule has 2 fully saturated rings. The lowest BCUT2D eigenvalue weighted by molar-refractivity contribution is 0.0925. The van der Waals surface area contributed by atoms with Crippen molar-refractivity contribution < 1.29 is 13.9 Å². The summed E-state index contributed by atoms with van der Waals surface area (Å²) in [5.41, 5.74) is 0.853. The van der Waals surface area contributed by atoms with Crippen molar-refractivity contribution in [3.05, 3.63) is 23.7 Å². The first kappa shape index (κ1) is 22.6. The predicted octanol–water partition coefficient (Wildman–Crippen LogP) is 1.76. The summed E-state index contributed by atoms with van der Waals surface area (Å²) in [5.74, 6) is 1.81. The molecule has 1 unspecified atom stereocenters. The molecule has 1 aromatic heterocycles. The van der Waals surface area contributed by atoms with Gasteiger partial charge in [0.25, 0.3) is 5.91 Å². The van der Waals surface area contributed by atoms with Crippen molar-refractivity contribution >= 4 is 11.9 Å². The Bertz CT molecular complexity index is 676. The monoisotopic (exact) mass is 419 g/mol. The number of rotatable bonds is 9. The molecule has 1 amide bonds. The molecule has 2 aliphatic rings. The van der Waals surface area contributed by atoms with Crippen molar-refractivity contribution in [1.29, 1.82) is 0 Å². The first-order valence-electron chi connectivity index (χ1n) is 11.3. The number of hydrogen-bond donors (Lipinski definition) is 3. The van der Waals surface area contributed by atoms with E-state index in [0.717, 1.165) is 63.6 Å². The smallest absolute Gasteiger partial charge is 0.287 e. The van der Waals surface area contributed by atoms with Crippen LogP contribution in [0.2, 0.25) is 0 Å². The number of furan rings is 1. The SMILES string of the molecule is CCNC(=NCCCNC(=O)c1occc1C)NC1CCN(CC2CCOC2)CC1. The maximum absolute atomic E-state index is 12.0. The Morgan fingerprint density at radius 1 is 1.27 bits per heavy atom. The van der Waals surface area contributed by atoms with E-state index >= 15 is 0 Å². The molecule has 0 spiro atoms. The van der Waals surface area contributed by atoms with Gasteiger partial charge >= 0.3 is 0 Å². The summed E-state index contributed by atoms with van der Waals surface area (Å²) < 4.78 is 10.7. The van der Waals surface area contributed by atoms with Gasteiger partial charge < -0.3 is 30.0 Å². The van der Waals surface area contributed by atoms with Crippen LogP contribution in [-0.4, -0.2) is 75.3 Å². The minimum absolute atomic E-state index is 0.164. The van der Waals surface area contributed by atoms with Gasteiger partial charge in [-0.1, -0.05) is 0 Å². The molecule has 8 nitrogen and oxygen atoms in total. The molecule has 0 radical (unpaired) electrons. The number of ether oxygens (including phenoxy) is 1. The standard InChI is InChI=1S/C22H37N5O3/c1-3-23-22(25-10-4-9-24-21(28)20-17(2)7-14-30-20)26-19-5-11-27(12-6-19)15-18-8-13-29-16-18/h7,14,18-19H,3-6,8-13,15-16H2,1-2H3,(H,24,28)(H2,23,25,26). The second kappa shape index (κ2) is 12.0. The number of hydrogen-bond acceptors (Lipinski definition) is 5. The van der Waals surface area contributed by atoms with E-state index in [9.17, 15) is 4.79 Å². The lowest BCUT2D eigenvalue weighted by Gasteiger charge is -2.34. The van der Waals surface area contributed by atoms with Crippen LogP contribution < -0.4 is 16.0 Å². The van der Waals surface area contributed by atoms with Crippen molar-refractivity contribution in [3.63, 3.8) is 0 Å². The Labute approximate surface area is 179 Å². The summed E-state index contributed by atoms with van der Waals surface area (Å²) in [7, 11) is 0. The van der Waals surface area contributed by atoms with E-state index < -0.39 is 0 Å².